The standard InChI is InChI=1S/C19H30O2/c1-6-7-12-8-11(2)16-13-9-14(17(12)16)15(10-13)18(20)21-19(3,4)5/h6-7,11-17H,8-10H2,1-5H3/b7-6+. The molecule has 21 heavy (non-hydrogen) atoms. The molecule has 0 heterocycles. The summed E-state index contributed by atoms with van der Waals surface area (Å²) in [6.07, 6.45) is 8.25. The summed E-state index contributed by atoms with van der Waals surface area (Å²) in [4.78, 5) is 12.5. The van der Waals surface area contributed by atoms with Gasteiger partial charge in [0, 0.05) is 0 Å². The first-order valence-electron chi connectivity index (χ1n) is 8.67. The van der Waals surface area contributed by atoms with Crippen LogP contribution in [0.3, 0.4) is 0 Å². The third-order valence-corrected chi connectivity index (χ3v) is 6.08. The third kappa shape index (κ3) is 2.55. The normalized spacial score (nSPS) is 45.3. The van der Waals surface area contributed by atoms with Gasteiger partial charge in [-0.1, -0.05) is 19.1 Å². The number of hydrogen-bond donors (Lipinski definition) is 0. The molecule has 0 spiro atoms. The molecule has 3 aliphatic carbocycles. The number of carbonyl (C=O) groups is 1. The molecule has 0 N–H and O–H groups in total. The minimum Gasteiger partial charge on any atom is -0.460 e. The van der Waals surface area contributed by atoms with Crippen molar-refractivity contribution in [1.29, 1.82) is 0 Å². The second kappa shape index (κ2) is 5.14. The van der Waals surface area contributed by atoms with E-state index >= 15 is 0 Å². The fraction of sp³-hybridized carbons (Fsp3) is 0.842. The maximum absolute atomic E-state index is 12.5. The Balaban J connectivity index is 1.77. The molecule has 7 unspecified atom stereocenters. The van der Waals surface area contributed by atoms with Gasteiger partial charge in [0.25, 0.3) is 0 Å². The number of allylic oxidation sites excluding steroid dienone is 2. The summed E-state index contributed by atoms with van der Waals surface area (Å²) in [6, 6.07) is 0. The molecule has 0 aliphatic heterocycles. The van der Waals surface area contributed by atoms with Crippen molar-refractivity contribution >= 4 is 5.97 Å². The molecular weight excluding hydrogens is 260 g/mol. The van der Waals surface area contributed by atoms with Gasteiger partial charge in [0.15, 0.2) is 0 Å². The molecule has 0 aromatic heterocycles. The Morgan fingerprint density at radius 3 is 2.48 bits per heavy atom. The van der Waals surface area contributed by atoms with Crippen LogP contribution in [-0.2, 0) is 9.53 Å². The lowest BCUT2D eigenvalue weighted by Gasteiger charge is -2.35. The number of carbonyl (C=O) groups excluding carboxylic acids is 1. The summed E-state index contributed by atoms with van der Waals surface area (Å²) in [7, 11) is 0. The lowest BCUT2D eigenvalue weighted by Crippen LogP contribution is -2.37. The highest BCUT2D eigenvalue weighted by atomic mass is 16.6. The van der Waals surface area contributed by atoms with Crippen molar-refractivity contribution < 1.29 is 9.53 Å². The van der Waals surface area contributed by atoms with Crippen LogP contribution in [0.1, 0.15) is 53.9 Å². The van der Waals surface area contributed by atoms with E-state index in [2.05, 4.69) is 26.0 Å². The van der Waals surface area contributed by atoms with Gasteiger partial charge in [-0.3, -0.25) is 4.79 Å². The Morgan fingerprint density at radius 1 is 1.14 bits per heavy atom. The second-order valence-corrected chi connectivity index (χ2v) is 8.59. The molecule has 3 rings (SSSR count). The molecular formula is C19H30O2. The van der Waals surface area contributed by atoms with E-state index in [9.17, 15) is 4.79 Å². The van der Waals surface area contributed by atoms with E-state index in [4.69, 9.17) is 4.74 Å². The first kappa shape index (κ1) is 15.1. The van der Waals surface area contributed by atoms with Gasteiger partial charge < -0.3 is 4.74 Å². The molecule has 2 bridgehead atoms. The van der Waals surface area contributed by atoms with Crippen molar-refractivity contribution in [3.63, 3.8) is 0 Å². The predicted octanol–water partition coefficient (Wildman–Crippen LogP) is 4.45. The molecule has 3 fully saturated rings. The van der Waals surface area contributed by atoms with Crippen molar-refractivity contribution in [2.45, 2.75) is 59.5 Å². The molecule has 0 saturated heterocycles. The molecule has 0 aromatic carbocycles. The molecule has 3 aliphatic rings. The van der Waals surface area contributed by atoms with E-state index in [1.807, 2.05) is 20.8 Å². The molecule has 2 heteroatoms. The van der Waals surface area contributed by atoms with Crippen LogP contribution in [0.5, 0.6) is 0 Å². The molecule has 118 valence electrons. The smallest absolute Gasteiger partial charge is 0.309 e. The molecule has 7 atom stereocenters. The van der Waals surface area contributed by atoms with E-state index in [-0.39, 0.29) is 17.5 Å². The van der Waals surface area contributed by atoms with Crippen molar-refractivity contribution in [2.75, 3.05) is 0 Å². The third-order valence-electron chi connectivity index (χ3n) is 6.08. The minimum absolute atomic E-state index is 0.0623. The first-order chi connectivity index (χ1) is 9.81. The lowest BCUT2D eigenvalue weighted by atomic mass is 9.71. The summed E-state index contributed by atoms with van der Waals surface area (Å²) in [5.74, 6) is 4.66. The van der Waals surface area contributed by atoms with Crippen molar-refractivity contribution in [3.8, 4) is 0 Å². The molecule has 0 amide bonds. The number of fused-ring (bicyclic) bond motifs is 5. The fourth-order valence-electron chi connectivity index (χ4n) is 5.74. The van der Waals surface area contributed by atoms with Gasteiger partial charge in [0.05, 0.1) is 5.92 Å². The topological polar surface area (TPSA) is 26.3 Å². The Hall–Kier alpha value is -0.790. The van der Waals surface area contributed by atoms with Gasteiger partial charge in [0.2, 0.25) is 0 Å². The first-order valence-corrected chi connectivity index (χ1v) is 8.67. The maximum Gasteiger partial charge on any atom is 0.309 e. The highest BCUT2D eigenvalue weighted by Crippen LogP contribution is 2.64. The largest absolute Gasteiger partial charge is 0.460 e. The van der Waals surface area contributed by atoms with E-state index in [0.717, 1.165) is 30.1 Å². The van der Waals surface area contributed by atoms with E-state index in [0.29, 0.717) is 11.8 Å². The van der Waals surface area contributed by atoms with Gasteiger partial charge in [-0.2, -0.15) is 0 Å². The zero-order valence-electron chi connectivity index (χ0n) is 14.1. The van der Waals surface area contributed by atoms with Gasteiger partial charge in [-0.05, 0) is 82.5 Å². The van der Waals surface area contributed by atoms with Gasteiger partial charge in [0.1, 0.15) is 5.60 Å². The van der Waals surface area contributed by atoms with Gasteiger partial charge in [-0.25, -0.2) is 0 Å². The Labute approximate surface area is 129 Å². The van der Waals surface area contributed by atoms with Crippen molar-refractivity contribution in [2.24, 2.45) is 41.4 Å². The molecule has 0 aromatic rings. The summed E-state index contributed by atoms with van der Waals surface area (Å²) < 4.78 is 5.69. The minimum atomic E-state index is -0.357. The van der Waals surface area contributed by atoms with Crippen molar-refractivity contribution in [1.82, 2.24) is 0 Å². The average Bonchev–Trinajstić information content (AvgIpc) is 2.99. The van der Waals surface area contributed by atoms with E-state index < -0.39 is 0 Å². The number of rotatable bonds is 2. The van der Waals surface area contributed by atoms with E-state index in [1.54, 1.807) is 0 Å². The molecule has 3 saturated carbocycles. The van der Waals surface area contributed by atoms with Crippen LogP contribution in [0.4, 0.5) is 0 Å². The van der Waals surface area contributed by atoms with Crippen LogP contribution in [0.25, 0.3) is 0 Å². The summed E-state index contributed by atoms with van der Waals surface area (Å²) >= 11 is 0. The zero-order chi connectivity index (χ0) is 15.4. The van der Waals surface area contributed by atoms with Crippen LogP contribution >= 0.6 is 0 Å². The average molecular weight is 290 g/mol. The Morgan fingerprint density at radius 2 is 1.86 bits per heavy atom. The quantitative estimate of drug-likeness (QED) is 0.555. The van der Waals surface area contributed by atoms with Crippen LogP contribution in [0.15, 0.2) is 12.2 Å². The molecule has 0 radical (unpaired) electrons. The summed E-state index contributed by atoms with van der Waals surface area (Å²) in [5.41, 5.74) is -0.357. The lowest BCUT2D eigenvalue weighted by molar-refractivity contribution is -0.163. The monoisotopic (exact) mass is 290 g/mol. The van der Waals surface area contributed by atoms with Crippen molar-refractivity contribution in [3.05, 3.63) is 12.2 Å². The Kier molecular flexibility index (Phi) is 3.70. The number of esters is 1. The maximum atomic E-state index is 12.5. The number of hydrogen-bond acceptors (Lipinski definition) is 2. The summed E-state index contributed by atoms with van der Waals surface area (Å²) in [6.45, 7) is 10.5. The predicted molar refractivity (Wildman–Crippen MR) is 84.6 cm³/mol. The van der Waals surface area contributed by atoms with Crippen LogP contribution in [0, 0.1) is 41.4 Å². The summed E-state index contributed by atoms with van der Waals surface area (Å²) in [5, 5.41) is 0. The van der Waals surface area contributed by atoms with Crippen LogP contribution in [0.2, 0.25) is 0 Å². The second-order valence-electron chi connectivity index (χ2n) is 8.59. The fourth-order valence-corrected chi connectivity index (χ4v) is 5.74. The highest BCUT2D eigenvalue weighted by Gasteiger charge is 2.60. The van der Waals surface area contributed by atoms with Gasteiger partial charge in [-0.15, -0.1) is 0 Å². The molecule has 2 nitrogen and oxygen atoms in total. The van der Waals surface area contributed by atoms with E-state index in [1.165, 1.54) is 12.8 Å². The number of ether oxygens (including phenoxy) is 1. The zero-order valence-corrected chi connectivity index (χ0v) is 14.1. The SMILES string of the molecule is C/C=C/C1CC(C)C2C3CC(C(=O)OC(C)(C)C)C(C3)C12. The highest BCUT2D eigenvalue weighted by molar-refractivity contribution is 5.74. The van der Waals surface area contributed by atoms with Gasteiger partial charge >= 0.3 is 5.97 Å². The van der Waals surface area contributed by atoms with Crippen LogP contribution < -0.4 is 0 Å². The Bertz CT molecular complexity index is 445. The van der Waals surface area contributed by atoms with Crippen LogP contribution in [-0.4, -0.2) is 11.6 Å².